The van der Waals surface area contributed by atoms with Crippen LogP contribution in [0.1, 0.15) is 64.2 Å². The van der Waals surface area contributed by atoms with Gasteiger partial charge in [0, 0.05) is 44.4 Å². The molecular formula is C32H47FN4O7S. The lowest BCUT2D eigenvalue weighted by atomic mass is 10.0. The second-order valence-electron chi connectivity index (χ2n) is 12.1. The summed E-state index contributed by atoms with van der Waals surface area (Å²) in [5.41, 5.74) is 0.240. The highest BCUT2D eigenvalue weighted by Crippen LogP contribution is 2.29. The topological polar surface area (TPSA) is 138 Å². The molecule has 2 aromatic carbocycles. The Balaban J connectivity index is 1.98. The van der Waals surface area contributed by atoms with E-state index in [4.69, 9.17) is 9.47 Å². The number of urea groups is 1. The van der Waals surface area contributed by atoms with Gasteiger partial charge in [-0.2, -0.15) is 0 Å². The van der Waals surface area contributed by atoms with Crippen LogP contribution in [0.2, 0.25) is 0 Å². The van der Waals surface area contributed by atoms with E-state index in [1.54, 1.807) is 24.9 Å². The molecule has 0 radical (unpaired) electrons. The summed E-state index contributed by atoms with van der Waals surface area (Å²) < 4.78 is 54.5. The number of nitrogens with zero attached hydrogens (tertiary/aromatic N) is 2. The summed E-state index contributed by atoms with van der Waals surface area (Å²) in [5.74, 6) is -0.990. The van der Waals surface area contributed by atoms with Gasteiger partial charge in [-0.25, -0.2) is 17.6 Å². The molecule has 0 bridgehead atoms. The number of likely N-dealkylation sites (N-methyl/N-ethyl adjacent to an activating group) is 1. The Labute approximate surface area is 266 Å². The SMILES string of the molecule is CC(C)NC(=O)N(C)C[C@H]1OCCCC[C@H](C)Oc2ccc(NS(=O)(=O)c3ccc(F)cc3)cc2C(=O)N([C@H](C)CO)C[C@H]1C. The van der Waals surface area contributed by atoms with Gasteiger partial charge >= 0.3 is 6.03 Å². The Kier molecular flexibility index (Phi) is 13.0. The summed E-state index contributed by atoms with van der Waals surface area (Å²) >= 11 is 0. The van der Waals surface area contributed by atoms with Crippen LogP contribution in [0.5, 0.6) is 5.75 Å². The van der Waals surface area contributed by atoms with Crippen LogP contribution < -0.4 is 14.8 Å². The Morgan fingerprint density at radius 3 is 2.47 bits per heavy atom. The number of carbonyl (C=O) groups excluding carboxylic acids is 2. The Hall–Kier alpha value is -3.42. The average Bonchev–Trinajstić information content (AvgIpc) is 2.98. The molecule has 2 aromatic rings. The number of halogens is 1. The number of aliphatic hydroxyl groups excluding tert-OH is 1. The molecule has 1 heterocycles. The van der Waals surface area contributed by atoms with Crippen LogP contribution in [0.15, 0.2) is 47.4 Å². The van der Waals surface area contributed by atoms with Crippen molar-refractivity contribution in [1.82, 2.24) is 15.1 Å². The van der Waals surface area contributed by atoms with Gasteiger partial charge in [-0.1, -0.05) is 6.92 Å². The zero-order chi connectivity index (χ0) is 33.3. The number of nitrogens with one attached hydrogen (secondary N) is 2. The summed E-state index contributed by atoms with van der Waals surface area (Å²) in [6, 6.07) is 8.03. The van der Waals surface area contributed by atoms with Gasteiger partial charge < -0.3 is 29.7 Å². The molecule has 0 aromatic heterocycles. The maximum Gasteiger partial charge on any atom is 0.317 e. The first-order valence-corrected chi connectivity index (χ1v) is 16.8. The molecule has 0 fully saturated rings. The number of hydrogen-bond acceptors (Lipinski definition) is 7. The van der Waals surface area contributed by atoms with Gasteiger partial charge in [0.15, 0.2) is 0 Å². The molecule has 11 nitrogen and oxygen atoms in total. The first-order chi connectivity index (χ1) is 21.2. The number of amides is 3. The van der Waals surface area contributed by atoms with E-state index in [1.807, 2.05) is 27.7 Å². The van der Waals surface area contributed by atoms with Crippen LogP contribution in [0.3, 0.4) is 0 Å². The van der Waals surface area contributed by atoms with Crippen LogP contribution in [0.4, 0.5) is 14.9 Å². The summed E-state index contributed by atoms with van der Waals surface area (Å²) in [6.07, 6.45) is 1.60. The number of fused-ring (bicyclic) bond motifs is 1. The third kappa shape index (κ3) is 10.3. The summed E-state index contributed by atoms with van der Waals surface area (Å²) in [5, 5.41) is 13.0. The number of ether oxygens (including phenoxy) is 2. The van der Waals surface area contributed by atoms with Gasteiger partial charge in [-0.05, 0) is 89.4 Å². The third-order valence-corrected chi connectivity index (χ3v) is 9.04. The predicted molar refractivity (Wildman–Crippen MR) is 170 cm³/mol. The molecule has 0 saturated heterocycles. The summed E-state index contributed by atoms with van der Waals surface area (Å²) in [4.78, 5) is 29.9. The van der Waals surface area contributed by atoms with E-state index in [-0.39, 0.29) is 59.1 Å². The molecule has 0 saturated carbocycles. The third-order valence-electron chi connectivity index (χ3n) is 7.64. The van der Waals surface area contributed by atoms with E-state index in [9.17, 15) is 27.5 Å². The quantitative estimate of drug-likeness (QED) is 0.383. The molecule has 0 aliphatic carbocycles. The molecule has 1 aliphatic rings. The van der Waals surface area contributed by atoms with Crippen molar-refractivity contribution in [2.75, 3.05) is 38.1 Å². The number of benzene rings is 2. The number of sulfonamides is 1. The first-order valence-electron chi connectivity index (χ1n) is 15.4. The second-order valence-corrected chi connectivity index (χ2v) is 13.7. The minimum atomic E-state index is -4.09. The van der Waals surface area contributed by atoms with Gasteiger partial charge in [0.2, 0.25) is 0 Å². The number of anilines is 1. The number of hydrogen-bond donors (Lipinski definition) is 3. The largest absolute Gasteiger partial charge is 0.490 e. The molecule has 0 unspecified atom stereocenters. The molecule has 3 amide bonds. The predicted octanol–water partition coefficient (Wildman–Crippen LogP) is 4.47. The molecule has 250 valence electrons. The Bertz CT molecular complexity index is 1390. The van der Waals surface area contributed by atoms with Gasteiger partial charge in [0.1, 0.15) is 11.6 Å². The van der Waals surface area contributed by atoms with E-state index in [0.29, 0.717) is 19.6 Å². The van der Waals surface area contributed by atoms with Crippen molar-refractivity contribution >= 4 is 27.6 Å². The standard InChI is InChI=1S/C32H47FN4O7S/c1-21(2)34-32(40)36(6)19-30-22(3)18-37(23(4)20-38)31(39)28-17-26(35-45(41,42)27-13-10-25(33)11-14-27)12-15-29(28)44-24(5)9-7-8-16-43-30/h10-15,17,21-24,30,35,38H,7-9,16,18-20H2,1-6H3,(H,34,40)/t22-,23-,24+,30-/m1/s1. The molecule has 0 spiro atoms. The van der Waals surface area contributed by atoms with E-state index in [2.05, 4.69) is 10.0 Å². The van der Waals surface area contributed by atoms with Crippen molar-refractivity contribution in [3.8, 4) is 5.75 Å². The van der Waals surface area contributed by atoms with Crippen LogP contribution >= 0.6 is 0 Å². The number of carbonyl (C=O) groups is 2. The normalized spacial score (nSPS) is 20.9. The lowest BCUT2D eigenvalue weighted by Crippen LogP contribution is -2.49. The van der Waals surface area contributed by atoms with Gasteiger partial charge in [0.25, 0.3) is 15.9 Å². The van der Waals surface area contributed by atoms with Crippen LogP contribution in [0, 0.1) is 11.7 Å². The highest BCUT2D eigenvalue weighted by atomic mass is 32.2. The van der Waals surface area contributed by atoms with Crippen LogP contribution in [-0.2, 0) is 14.8 Å². The molecule has 4 atom stereocenters. The molecule has 1 aliphatic heterocycles. The van der Waals surface area contributed by atoms with Crippen molar-refractivity contribution in [3.05, 3.63) is 53.8 Å². The maximum atomic E-state index is 14.2. The lowest BCUT2D eigenvalue weighted by molar-refractivity contribution is -0.0122. The van der Waals surface area contributed by atoms with E-state index in [0.717, 1.165) is 37.1 Å². The summed E-state index contributed by atoms with van der Waals surface area (Å²) in [6.45, 7) is 9.95. The van der Waals surface area contributed by atoms with Crippen LogP contribution in [-0.4, -0.2) is 92.9 Å². The van der Waals surface area contributed by atoms with Crippen LogP contribution in [0.25, 0.3) is 0 Å². The van der Waals surface area contributed by atoms with Gasteiger partial charge in [-0.3, -0.25) is 9.52 Å². The van der Waals surface area contributed by atoms with Crippen molar-refractivity contribution < 1.29 is 37.0 Å². The smallest absolute Gasteiger partial charge is 0.317 e. The van der Waals surface area contributed by atoms with E-state index >= 15 is 0 Å². The van der Waals surface area contributed by atoms with Crippen molar-refractivity contribution in [2.24, 2.45) is 5.92 Å². The Morgan fingerprint density at radius 1 is 1.13 bits per heavy atom. The zero-order valence-corrected chi connectivity index (χ0v) is 27.8. The number of rotatable bonds is 8. The molecule has 45 heavy (non-hydrogen) atoms. The lowest BCUT2D eigenvalue weighted by Gasteiger charge is -2.36. The molecular weight excluding hydrogens is 603 g/mol. The molecule has 3 rings (SSSR count). The molecule has 13 heteroatoms. The van der Waals surface area contributed by atoms with Gasteiger partial charge in [0.05, 0.1) is 35.3 Å². The minimum absolute atomic E-state index is 0.0323. The number of aliphatic hydroxyl groups is 1. The fourth-order valence-electron chi connectivity index (χ4n) is 4.99. The highest BCUT2D eigenvalue weighted by Gasteiger charge is 2.31. The zero-order valence-electron chi connectivity index (χ0n) is 27.0. The monoisotopic (exact) mass is 650 g/mol. The molecule has 3 N–H and O–H groups in total. The highest BCUT2D eigenvalue weighted by molar-refractivity contribution is 7.92. The van der Waals surface area contributed by atoms with E-state index < -0.39 is 33.9 Å². The van der Waals surface area contributed by atoms with Crippen molar-refractivity contribution in [2.45, 2.75) is 83.1 Å². The van der Waals surface area contributed by atoms with E-state index in [1.165, 1.54) is 17.0 Å². The minimum Gasteiger partial charge on any atom is -0.490 e. The summed E-state index contributed by atoms with van der Waals surface area (Å²) in [7, 11) is -2.39. The average molecular weight is 651 g/mol. The second kappa shape index (κ2) is 16.2. The van der Waals surface area contributed by atoms with Gasteiger partial charge in [-0.15, -0.1) is 0 Å². The fraction of sp³-hybridized carbons (Fsp3) is 0.562. The first kappa shape index (κ1) is 36.1. The maximum absolute atomic E-state index is 14.2. The Morgan fingerprint density at radius 2 is 1.82 bits per heavy atom. The fourth-order valence-corrected chi connectivity index (χ4v) is 6.04. The van der Waals surface area contributed by atoms with Crippen molar-refractivity contribution in [3.63, 3.8) is 0 Å². The van der Waals surface area contributed by atoms with Crippen molar-refractivity contribution in [1.29, 1.82) is 0 Å².